The molecule has 1 fully saturated rings. The van der Waals surface area contributed by atoms with Gasteiger partial charge in [-0.2, -0.15) is 0 Å². The molecule has 0 bridgehead atoms. The van der Waals surface area contributed by atoms with E-state index in [1.807, 2.05) is 19.1 Å². The van der Waals surface area contributed by atoms with Crippen molar-refractivity contribution >= 4 is 33.4 Å². The Kier molecular flexibility index (Phi) is 7.06. The molecule has 0 saturated carbocycles. The first kappa shape index (κ1) is 20.4. The second-order valence-electron chi connectivity index (χ2n) is 6.64. The predicted octanol–water partition coefficient (Wildman–Crippen LogP) is 3.68. The number of anilines is 1. The topological polar surface area (TPSA) is 76.7 Å². The number of halogens is 1. The summed E-state index contributed by atoms with van der Waals surface area (Å²) in [5, 5.41) is 5.62. The van der Waals surface area contributed by atoms with Crippen molar-refractivity contribution in [2.75, 3.05) is 25.1 Å². The Labute approximate surface area is 172 Å². The van der Waals surface area contributed by atoms with Crippen molar-refractivity contribution in [3.63, 3.8) is 0 Å². The smallest absolute Gasteiger partial charge is 0.262 e. The monoisotopic (exact) mass is 446 g/mol. The SMILES string of the molecule is Cc1cc(OCC(=O)Nc2ccccc2C(=O)NC[C@H]2CCCO2)ccc1Br. The van der Waals surface area contributed by atoms with Gasteiger partial charge in [-0.1, -0.05) is 28.1 Å². The summed E-state index contributed by atoms with van der Waals surface area (Å²) in [7, 11) is 0. The third kappa shape index (κ3) is 5.56. The van der Waals surface area contributed by atoms with E-state index in [4.69, 9.17) is 9.47 Å². The van der Waals surface area contributed by atoms with Gasteiger partial charge >= 0.3 is 0 Å². The van der Waals surface area contributed by atoms with Gasteiger partial charge in [0.15, 0.2) is 6.61 Å². The number of carbonyl (C=O) groups is 2. The minimum Gasteiger partial charge on any atom is -0.484 e. The van der Waals surface area contributed by atoms with Crippen LogP contribution in [0, 0.1) is 6.92 Å². The van der Waals surface area contributed by atoms with Gasteiger partial charge in [0, 0.05) is 17.6 Å². The fraction of sp³-hybridized carbons (Fsp3) is 0.333. The number of ether oxygens (including phenoxy) is 2. The summed E-state index contributed by atoms with van der Waals surface area (Å²) in [6.45, 7) is 3.01. The maximum Gasteiger partial charge on any atom is 0.262 e. The van der Waals surface area contributed by atoms with Gasteiger partial charge in [-0.05, 0) is 55.7 Å². The number of carbonyl (C=O) groups excluding carboxylic acids is 2. The second-order valence-corrected chi connectivity index (χ2v) is 7.49. The minimum absolute atomic E-state index is 0.0634. The molecule has 28 heavy (non-hydrogen) atoms. The zero-order chi connectivity index (χ0) is 19.9. The van der Waals surface area contributed by atoms with Crippen LogP contribution >= 0.6 is 15.9 Å². The molecule has 6 nitrogen and oxygen atoms in total. The molecule has 3 rings (SSSR count). The summed E-state index contributed by atoms with van der Waals surface area (Å²) in [5.74, 6) is 0.0363. The normalized spacial score (nSPS) is 15.9. The lowest BCUT2D eigenvalue weighted by atomic mass is 10.1. The molecule has 0 aromatic heterocycles. The summed E-state index contributed by atoms with van der Waals surface area (Å²) < 4.78 is 12.0. The van der Waals surface area contributed by atoms with E-state index in [-0.39, 0.29) is 24.5 Å². The number of nitrogens with one attached hydrogen (secondary N) is 2. The zero-order valence-electron chi connectivity index (χ0n) is 15.7. The number of rotatable bonds is 7. The van der Waals surface area contributed by atoms with Crippen LogP contribution in [0.5, 0.6) is 5.75 Å². The molecule has 0 aliphatic carbocycles. The molecule has 2 aromatic carbocycles. The Morgan fingerprint density at radius 2 is 2.07 bits per heavy atom. The summed E-state index contributed by atoms with van der Waals surface area (Å²) in [4.78, 5) is 24.8. The number of para-hydroxylation sites is 1. The molecular weight excluding hydrogens is 424 g/mol. The average molecular weight is 447 g/mol. The van der Waals surface area contributed by atoms with Crippen LogP contribution in [0.25, 0.3) is 0 Å². The second kappa shape index (κ2) is 9.71. The number of aryl methyl sites for hydroxylation is 1. The lowest BCUT2D eigenvalue weighted by Gasteiger charge is -2.14. The van der Waals surface area contributed by atoms with Crippen molar-refractivity contribution in [2.24, 2.45) is 0 Å². The highest BCUT2D eigenvalue weighted by Crippen LogP contribution is 2.22. The van der Waals surface area contributed by atoms with E-state index in [0.717, 1.165) is 29.5 Å². The van der Waals surface area contributed by atoms with Gasteiger partial charge in [0.25, 0.3) is 11.8 Å². The molecular formula is C21H23BrN2O4. The molecule has 0 radical (unpaired) electrons. The van der Waals surface area contributed by atoms with E-state index in [1.165, 1.54) is 0 Å². The summed E-state index contributed by atoms with van der Waals surface area (Å²) >= 11 is 3.43. The van der Waals surface area contributed by atoms with Crippen molar-refractivity contribution in [1.29, 1.82) is 0 Å². The number of hydrogen-bond acceptors (Lipinski definition) is 4. The first-order valence-electron chi connectivity index (χ1n) is 9.20. The third-order valence-corrected chi connectivity index (χ3v) is 5.35. The quantitative estimate of drug-likeness (QED) is 0.679. The Morgan fingerprint density at radius 1 is 1.25 bits per heavy atom. The lowest BCUT2D eigenvalue weighted by Crippen LogP contribution is -2.32. The largest absolute Gasteiger partial charge is 0.484 e. The summed E-state index contributed by atoms with van der Waals surface area (Å²) in [5.41, 5.74) is 1.88. The minimum atomic E-state index is -0.333. The molecule has 1 saturated heterocycles. The van der Waals surface area contributed by atoms with Crippen LogP contribution in [0.1, 0.15) is 28.8 Å². The number of amides is 2. The molecule has 2 amide bonds. The standard InChI is InChI=1S/C21H23BrN2O4/c1-14-11-15(8-9-18(14)22)28-13-20(25)24-19-7-3-2-6-17(19)21(26)23-12-16-5-4-10-27-16/h2-3,6-9,11,16H,4-5,10,12-13H2,1H3,(H,23,26)(H,24,25)/t16-/m1/s1. The maximum atomic E-state index is 12.5. The summed E-state index contributed by atoms with van der Waals surface area (Å²) in [6, 6.07) is 12.4. The first-order valence-corrected chi connectivity index (χ1v) is 10.00. The van der Waals surface area contributed by atoms with Crippen LogP contribution < -0.4 is 15.4 Å². The van der Waals surface area contributed by atoms with Gasteiger partial charge in [0.1, 0.15) is 5.75 Å². The molecule has 2 aromatic rings. The average Bonchev–Trinajstić information content (AvgIpc) is 3.21. The fourth-order valence-corrected chi connectivity index (χ4v) is 3.19. The highest BCUT2D eigenvalue weighted by molar-refractivity contribution is 9.10. The Bertz CT molecular complexity index is 850. The van der Waals surface area contributed by atoms with Crippen molar-refractivity contribution in [2.45, 2.75) is 25.9 Å². The van der Waals surface area contributed by atoms with Crippen molar-refractivity contribution in [1.82, 2.24) is 5.32 Å². The third-order valence-electron chi connectivity index (χ3n) is 4.46. The Balaban J connectivity index is 1.56. The Morgan fingerprint density at radius 3 is 2.82 bits per heavy atom. The van der Waals surface area contributed by atoms with Crippen LogP contribution in [-0.4, -0.2) is 37.7 Å². The van der Waals surface area contributed by atoms with Crippen molar-refractivity contribution in [3.8, 4) is 5.75 Å². The molecule has 0 unspecified atom stereocenters. The predicted molar refractivity (Wildman–Crippen MR) is 111 cm³/mol. The van der Waals surface area contributed by atoms with Gasteiger partial charge in [-0.3, -0.25) is 9.59 Å². The molecule has 0 spiro atoms. The van der Waals surface area contributed by atoms with E-state index in [0.29, 0.717) is 23.5 Å². The maximum absolute atomic E-state index is 12.5. The van der Waals surface area contributed by atoms with Crippen LogP contribution in [0.15, 0.2) is 46.9 Å². The van der Waals surface area contributed by atoms with Gasteiger partial charge in [0.2, 0.25) is 0 Å². The molecule has 1 aliphatic rings. The highest BCUT2D eigenvalue weighted by atomic mass is 79.9. The Hall–Kier alpha value is -2.38. The molecule has 148 valence electrons. The number of benzene rings is 2. The fourth-order valence-electron chi connectivity index (χ4n) is 2.94. The zero-order valence-corrected chi connectivity index (χ0v) is 17.3. The van der Waals surface area contributed by atoms with Gasteiger partial charge in [0.05, 0.1) is 17.4 Å². The molecule has 1 heterocycles. The van der Waals surface area contributed by atoms with Crippen LogP contribution in [-0.2, 0) is 9.53 Å². The van der Waals surface area contributed by atoms with Crippen molar-refractivity contribution in [3.05, 3.63) is 58.1 Å². The first-order chi connectivity index (χ1) is 13.5. The van der Waals surface area contributed by atoms with E-state index in [9.17, 15) is 9.59 Å². The molecule has 1 atom stereocenters. The lowest BCUT2D eigenvalue weighted by molar-refractivity contribution is -0.118. The summed E-state index contributed by atoms with van der Waals surface area (Å²) in [6.07, 6.45) is 2.03. The van der Waals surface area contributed by atoms with E-state index in [1.54, 1.807) is 30.3 Å². The molecule has 1 aliphatic heterocycles. The van der Waals surface area contributed by atoms with E-state index < -0.39 is 0 Å². The van der Waals surface area contributed by atoms with E-state index >= 15 is 0 Å². The van der Waals surface area contributed by atoms with Gasteiger partial charge in [-0.15, -0.1) is 0 Å². The molecule has 2 N–H and O–H groups in total. The number of hydrogen-bond donors (Lipinski definition) is 2. The van der Waals surface area contributed by atoms with Crippen LogP contribution in [0.2, 0.25) is 0 Å². The van der Waals surface area contributed by atoms with Crippen LogP contribution in [0.4, 0.5) is 5.69 Å². The van der Waals surface area contributed by atoms with Gasteiger partial charge in [-0.25, -0.2) is 0 Å². The van der Waals surface area contributed by atoms with E-state index in [2.05, 4.69) is 26.6 Å². The molecule has 7 heteroatoms. The van der Waals surface area contributed by atoms with Crippen molar-refractivity contribution < 1.29 is 19.1 Å². The van der Waals surface area contributed by atoms with Crippen LogP contribution in [0.3, 0.4) is 0 Å². The highest BCUT2D eigenvalue weighted by Gasteiger charge is 2.18. The van der Waals surface area contributed by atoms with Gasteiger partial charge < -0.3 is 20.1 Å².